The molecule has 0 saturated heterocycles. The predicted molar refractivity (Wildman–Crippen MR) is 267 cm³/mol. The van der Waals surface area contributed by atoms with Crippen LogP contribution in [0.1, 0.15) is 26.3 Å². The van der Waals surface area contributed by atoms with E-state index in [1.165, 1.54) is 16.3 Å². The average Bonchev–Trinajstić information content (AvgIpc) is 4.15. The molecule has 0 atom stereocenters. The van der Waals surface area contributed by atoms with E-state index in [4.69, 9.17) is 18.8 Å². The number of furan rings is 2. The van der Waals surface area contributed by atoms with E-state index < -0.39 is 0 Å². The van der Waals surface area contributed by atoms with E-state index in [0.29, 0.717) is 0 Å². The number of aromatic nitrogens is 5. The molecule has 0 spiro atoms. The van der Waals surface area contributed by atoms with E-state index in [2.05, 4.69) is 174 Å². The number of aromatic amines is 1. The quantitative estimate of drug-likeness (QED) is 0.191. The average molecular weight is 838 g/mol. The van der Waals surface area contributed by atoms with Crippen molar-refractivity contribution < 1.29 is 8.83 Å². The van der Waals surface area contributed by atoms with Crippen molar-refractivity contribution in [3.63, 3.8) is 0 Å². The Bertz CT molecular complexity index is 4270. The number of hydrogen-bond acceptors (Lipinski definition) is 4. The summed E-state index contributed by atoms with van der Waals surface area (Å²) in [5.74, 6) is 1.71. The van der Waals surface area contributed by atoms with Crippen LogP contribution in [-0.2, 0) is 5.41 Å². The minimum Gasteiger partial charge on any atom is -0.456 e. The molecular weight excluding hydrogens is 799 g/mol. The summed E-state index contributed by atoms with van der Waals surface area (Å²) in [5, 5.41) is 8.67. The third kappa shape index (κ3) is 5.18. The molecule has 0 aliphatic heterocycles. The predicted octanol–water partition coefficient (Wildman–Crippen LogP) is 15.6. The van der Waals surface area contributed by atoms with Gasteiger partial charge in [0.15, 0.2) is 0 Å². The van der Waals surface area contributed by atoms with Gasteiger partial charge in [0.1, 0.15) is 34.0 Å². The molecule has 0 radical (unpaired) electrons. The van der Waals surface area contributed by atoms with Gasteiger partial charge < -0.3 is 13.8 Å². The highest BCUT2D eigenvalue weighted by Crippen LogP contribution is 2.46. The van der Waals surface area contributed by atoms with Gasteiger partial charge in [-0.25, -0.2) is 9.97 Å². The highest BCUT2D eigenvalue weighted by atomic mass is 16.3. The monoisotopic (exact) mass is 837 g/mol. The first-order valence-corrected chi connectivity index (χ1v) is 22.1. The zero-order valence-electron chi connectivity index (χ0n) is 35.8. The van der Waals surface area contributed by atoms with Crippen LogP contribution in [0.25, 0.3) is 133 Å². The standard InChI is InChI=1S/C58H39N5O2/c1-58(2,3)34-24-26-46-40(29-34)37-25-23-33(28-48(37)63(46)52-22-11-12-27-59-52)36-18-13-19-47-54(36)61-57(62(47)35-14-5-4-6-15-35)44-30-42-39-17-8-10-21-50(39)65-56(42)53-43-32-51-41(31-45(43)60-55(44)53)38-16-7-9-20-49(38)64-51/h4-32,60H,1-3H3. The molecule has 1 N–H and O–H groups in total. The number of nitrogens with zero attached hydrogens (tertiary/aromatic N) is 4. The van der Waals surface area contributed by atoms with Crippen LogP contribution in [-0.4, -0.2) is 24.1 Å². The molecule has 0 unspecified atom stereocenters. The Kier molecular flexibility index (Phi) is 7.26. The third-order valence-electron chi connectivity index (χ3n) is 13.5. The third-order valence-corrected chi connectivity index (χ3v) is 13.5. The van der Waals surface area contributed by atoms with Crippen LogP contribution in [0.4, 0.5) is 0 Å². The molecule has 0 aliphatic rings. The summed E-state index contributed by atoms with van der Waals surface area (Å²) in [6.07, 6.45) is 1.87. The first-order valence-electron chi connectivity index (χ1n) is 22.1. The maximum Gasteiger partial charge on any atom is 0.147 e. The summed E-state index contributed by atoms with van der Waals surface area (Å²) < 4.78 is 17.9. The zero-order valence-corrected chi connectivity index (χ0v) is 35.8. The molecule has 0 aliphatic carbocycles. The summed E-state index contributed by atoms with van der Waals surface area (Å²) >= 11 is 0. The van der Waals surface area contributed by atoms with Crippen LogP contribution >= 0.6 is 0 Å². The molecule has 0 amide bonds. The van der Waals surface area contributed by atoms with Crippen LogP contribution in [0, 0.1) is 0 Å². The molecule has 7 heteroatoms. The molecule has 0 fully saturated rings. The normalized spacial score (nSPS) is 12.5. The second-order valence-corrected chi connectivity index (χ2v) is 18.3. The van der Waals surface area contributed by atoms with Gasteiger partial charge in [-0.15, -0.1) is 0 Å². The Hall–Kier alpha value is -8.42. The van der Waals surface area contributed by atoms with Gasteiger partial charge in [-0.05, 0) is 95.4 Å². The molecule has 65 heavy (non-hydrogen) atoms. The van der Waals surface area contributed by atoms with Gasteiger partial charge in [0.25, 0.3) is 0 Å². The summed E-state index contributed by atoms with van der Waals surface area (Å²) in [4.78, 5) is 14.5. The van der Waals surface area contributed by atoms with Gasteiger partial charge in [0.05, 0.1) is 33.0 Å². The first-order chi connectivity index (χ1) is 31.9. The van der Waals surface area contributed by atoms with E-state index in [1.807, 2.05) is 36.5 Å². The summed E-state index contributed by atoms with van der Waals surface area (Å²) in [6.45, 7) is 6.81. The molecule has 14 rings (SSSR count). The maximum atomic E-state index is 6.78. The van der Waals surface area contributed by atoms with Gasteiger partial charge in [-0.1, -0.05) is 112 Å². The number of imidazole rings is 1. The maximum absolute atomic E-state index is 6.78. The molecule has 0 bridgehead atoms. The number of pyridine rings is 1. The Labute approximate surface area is 371 Å². The fraction of sp³-hybridized carbons (Fsp3) is 0.0690. The Morgan fingerprint density at radius 2 is 1.29 bits per heavy atom. The molecule has 7 nitrogen and oxygen atoms in total. The van der Waals surface area contributed by atoms with Gasteiger partial charge in [-0.3, -0.25) is 9.13 Å². The lowest BCUT2D eigenvalue weighted by atomic mass is 9.86. The van der Waals surface area contributed by atoms with Crippen LogP contribution < -0.4 is 0 Å². The molecule has 308 valence electrons. The summed E-state index contributed by atoms with van der Waals surface area (Å²) in [6, 6.07) is 60.1. The highest BCUT2D eigenvalue weighted by molar-refractivity contribution is 6.28. The smallest absolute Gasteiger partial charge is 0.147 e. The molecular formula is C58H39N5O2. The second kappa shape index (κ2) is 13.1. The van der Waals surface area contributed by atoms with Gasteiger partial charge in [-0.2, -0.15) is 0 Å². The zero-order chi connectivity index (χ0) is 43.1. The Balaban J connectivity index is 1.07. The lowest BCUT2D eigenvalue weighted by Crippen LogP contribution is -2.10. The van der Waals surface area contributed by atoms with Crippen LogP contribution in [0.3, 0.4) is 0 Å². The lowest BCUT2D eigenvalue weighted by molar-refractivity contribution is 0.591. The molecule has 6 heterocycles. The van der Waals surface area contributed by atoms with Gasteiger partial charge >= 0.3 is 0 Å². The number of hydrogen-bond donors (Lipinski definition) is 1. The van der Waals surface area contributed by atoms with E-state index in [0.717, 1.165) is 122 Å². The highest BCUT2D eigenvalue weighted by Gasteiger charge is 2.26. The van der Waals surface area contributed by atoms with Gasteiger partial charge in [0, 0.05) is 66.2 Å². The fourth-order valence-electron chi connectivity index (χ4n) is 10.4. The number of H-pyrrole nitrogens is 1. The van der Waals surface area contributed by atoms with E-state index >= 15 is 0 Å². The van der Waals surface area contributed by atoms with E-state index in [9.17, 15) is 0 Å². The topological polar surface area (TPSA) is 77.7 Å². The SMILES string of the molecule is CC(C)(C)c1ccc2c(c1)c1ccc(-c3cccc4c3nc(-c3cc5c6ccccc6oc5c5c3[nH]c3cc6c(cc35)oc3ccccc36)n4-c3ccccc3)cc1n2-c1ccccn1. The lowest BCUT2D eigenvalue weighted by Gasteiger charge is -2.19. The minimum absolute atomic E-state index is 0.00679. The first kappa shape index (κ1) is 36.1. The van der Waals surface area contributed by atoms with Crippen molar-refractivity contribution in [2.75, 3.05) is 0 Å². The second-order valence-electron chi connectivity index (χ2n) is 18.3. The van der Waals surface area contributed by atoms with Crippen molar-refractivity contribution in [1.29, 1.82) is 0 Å². The van der Waals surface area contributed by atoms with Crippen molar-refractivity contribution >= 4 is 98.5 Å². The number of rotatable bonds is 4. The van der Waals surface area contributed by atoms with Crippen LogP contribution in [0.5, 0.6) is 0 Å². The van der Waals surface area contributed by atoms with Crippen molar-refractivity contribution in [2.24, 2.45) is 0 Å². The largest absolute Gasteiger partial charge is 0.456 e. The van der Waals surface area contributed by atoms with Crippen molar-refractivity contribution in [3.05, 3.63) is 182 Å². The number of benzene rings is 8. The fourth-order valence-corrected chi connectivity index (χ4v) is 10.4. The summed E-state index contributed by atoms with van der Waals surface area (Å²) in [7, 11) is 0. The Morgan fingerprint density at radius 3 is 2.11 bits per heavy atom. The van der Waals surface area contributed by atoms with Crippen molar-refractivity contribution in [1.82, 2.24) is 24.1 Å². The number of para-hydroxylation sites is 4. The Morgan fingerprint density at radius 1 is 0.508 bits per heavy atom. The molecule has 6 aromatic heterocycles. The summed E-state index contributed by atoms with van der Waals surface area (Å²) in [5.41, 5.74) is 14.9. The van der Waals surface area contributed by atoms with Crippen LogP contribution in [0.2, 0.25) is 0 Å². The number of fused-ring (bicyclic) bond motifs is 14. The van der Waals surface area contributed by atoms with Crippen molar-refractivity contribution in [3.8, 4) is 34.0 Å². The molecule has 8 aromatic carbocycles. The van der Waals surface area contributed by atoms with E-state index in [-0.39, 0.29) is 5.41 Å². The van der Waals surface area contributed by atoms with E-state index in [1.54, 1.807) is 0 Å². The minimum atomic E-state index is 0.00679. The number of nitrogens with one attached hydrogen (secondary N) is 1. The van der Waals surface area contributed by atoms with Crippen LogP contribution in [0.15, 0.2) is 185 Å². The van der Waals surface area contributed by atoms with Crippen molar-refractivity contribution in [2.45, 2.75) is 26.2 Å². The van der Waals surface area contributed by atoms with Gasteiger partial charge in [0.2, 0.25) is 0 Å². The molecule has 14 aromatic rings. The molecule has 0 saturated carbocycles.